The quantitative estimate of drug-likeness (QED) is 0.681. The minimum atomic E-state index is -0.444. The second kappa shape index (κ2) is 9.97. The Morgan fingerprint density at radius 2 is 1.92 bits per heavy atom. The Balaban J connectivity index is 1.76. The lowest BCUT2D eigenvalue weighted by Crippen LogP contribution is -2.30. The Kier molecular flexibility index (Phi) is 7.66. The molecule has 0 saturated heterocycles. The number of amides is 1. The normalized spacial score (nSPS) is 10.4. The van der Waals surface area contributed by atoms with Crippen LogP contribution in [0.3, 0.4) is 0 Å². The number of thiophene rings is 1. The number of methoxy groups -OCH3 is 1. The average Bonchev–Trinajstić information content (AvgIpc) is 3.01. The van der Waals surface area contributed by atoms with Gasteiger partial charge in [0.2, 0.25) is 0 Å². The van der Waals surface area contributed by atoms with Crippen LogP contribution in [0.2, 0.25) is 0 Å². The second-order valence-electron chi connectivity index (χ2n) is 5.93. The van der Waals surface area contributed by atoms with Crippen molar-refractivity contribution in [2.45, 2.75) is 33.1 Å². The zero-order valence-electron chi connectivity index (χ0n) is 15.5. The van der Waals surface area contributed by atoms with Gasteiger partial charge in [0, 0.05) is 11.4 Å². The third-order valence-electron chi connectivity index (χ3n) is 3.98. The van der Waals surface area contributed by atoms with E-state index < -0.39 is 5.97 Å². The lowest BCUT2D eigenvalue weighted by atomic mass is 10.1. The number of benzene rings is 1. The molecule has 6 heteroatoms. The van der Waals surface area contributed by atoms with Crippen molar-refractivity contribution in [3.05, 3.63) is 51.2 Å². The average molecular weight is 375 g/mol. The van der Waals surface area contributed by atoms with Crippen molar-refractivity contribution in [1.29, 1.82) is 0 Å². The van der Waals surface area contributed by atoms with E-state index in [1.165, 1.54) is 16.9 Å². The van der Waals surface area contributed by atoms with Gasteiger partial charge in [-0.25, -0.2) is 4.79 Å². The fraction of sp³-hybridized carbons (Fsp3) is 0.400. The summed E-state index contributed by atoms with van der Waals surface area (Å²) in [6, 6.07) is 9.54. The summed E-state index contributed by atoms with van der Waals surface area (Å²) in [5.74, 6) is 0.0414. The number of nitrogens with one attached hydrogen (secondary N) is 1. The molecule has 0 spiro atoms. The predicted molar refractivity (Wildman–Crippen MR) is 103 cm³/mol. The number of hydrogen-bond donors (Lipinski definition) is 1. The van der Waals surface area contributed by atoms with Crippen LogP contribution in [0.1, 0.15) is 39.0 Å². The van der Waals surface area contributed by atoms with E-state index >= 15 is 0 Å². The van der Waals surface area contributed by atoms with E-state index in [9.17, 15) is 9.59 Å². The molecule has 0 atom stereocenters. The van der Waals surface area contributed by atoms with Crippen LogP contribution in [0.4, 0.5) is 0 Å². The summed E-state index contributed by atoms with van der Waals surface area (Å²) in [7, 11) is 1.62. The molecular formula is C20H25NO4S. The molecule has 1 heterocycles. The maximum Gasteiger partial charge on any atom is 0.348 e. The molecule has 0 bridgehead atoms. The summed E-state index contributed by atoms with van der Waals surface area (Å²) < 4.78 is 10.4. The Bertz CT molecular complexity index is 754. The Labute approximate surface area is 158 Å². The van der Waals surface area contributed by atoms with Gasteiger partial charge in [0.15, 0.2) is 6.61 Å². The predicted octanol–water partition coefficient (Wildman–Crippen LogP) is 3.53. The zero-order valence-corrected chi connectivity index (χ0v) is 16.3. The van der Waals surface area contributed by atoms with Crippen molar-refractivity contribution < 1.29 is 19.1 Å². The molecule has 1 aromatic carbocycles. The van der Waals surface area contributed by atoms with E-state index in [4.69, 9.17) is 9.47 Å². The fourth-order valence-electron chi connectivity index (χ4n) is 2.64. The van der Waals surface area contributed by atoms with Gasteiger partial charge in [-0.3, -0.25) is 4.79 Å². The lowest BCUT2D eigenvalue weighted by molar-refractivity contribution is -0.124. The van der Waals surface area contributed by atoms with Crippen LogP contribution in [-0.2, 0) is 22.4 Å². The largest absolute Gasteiger partial charge is 0.496 e. The molecule has 1 amide bonds. The molecule has 0 unspecified atom stereocenters. The number of rotatable bonds is 9. The number of carbonyl (C=O) groups is 2. The highest BCUT2D eigenvalue weighted by molar-refractivity contribution is 7.14. The van der Waals surface area contributed by atoms with Crippen molar-refractivity contribution in [2.24, 2.45) is 0 Å². The molecule has 2 aromatic rings. The van der Waals surface area contributed by atoms with Crippen LogP contribution < -0.4 is 10.1 Å². The number of para-hydroxylation sites is 1. The van der Waals surface area contributed by atoms with Crippen LogP contribution in [0, 0.1) is 6.92 Å². The van der Waals surface area contributed by atoms with Gasteiger partial charge in [-0.2, -0.15) is 0 Å². The summed E-state index contributed by atoms with van der Waals surface area (Å²) in [4.78, 5) is 25.6. The van der Waals surface area contributed by atoms with Crippen LogP contribution in [0.25, 0.3) is 0 Å². The molecular weight excluding hydrogens is 350 g/mol. The molecule has 1 N–H and O–H groups in total. The van der Waals surface area contributed by atoms with Crippen LogP contribution in [0.5, 0.6) is 5.75 Å². The van der Waals surface area contributed by atoms with Gasteiger partial charge >= 0.3 is 5.97 Å². The van der Waals surface area contributed by atoms with Gasteiger partial charge in [-0.1, -0.05) is 31.5 Å². The van der Waals surface area contributed by atoms with E-state index in [-0.39, 0.29) is 12.5 Å². The molecule has 1 aromatic heterocycles. The first-order valence-electron chi connectivity index (χ1n) is 8.70. The number of aryl methyl sites for hydroxylation is 2. The molecule has 0 aliphatic heterocycles. The van der Waals surface area contributed by atoms with Gasteiger partial charge in [-0.15, -0.1) is 11.3 Å². The smallest absolute Gasteiger partial charge is 0.348 e. The summed E-state index contributed by atoms with van der Waals surface area (Å²) in [5, 5.41) is 2.76. The Morgan fingerprint density at radius 1 is 1.15 bits per heavy atom. The van der Waals surface area contributed by atoms with E-state index in [1.54, 1.807) is 7.11 Å². The monoisotopic (exact) mass is 375 g/mol. The fourth-order valence-corrected chi connectivity index (χ4v) is 3.60. The highest BCUT2D eigenvalue weighted by Gasteiger charge is 2.15. The third kappa shape index (κ3) is 5.59. The van der Waals surface area contributed by atoms with Crippen molar-refractivity contribution in [1.82, 2.24) is 5.32 Å². The summed E-state index contributed by atoms with van der Waals surface area (Å²) in [6.45, 7) is 4.28. The Morgan fingerprint density at radius 3 is 2.65 bits per heavy atom. The molecule has 0 fully saturated rings. The van der Waals surface area contributed by atoms with Crippen molar-refractivity contribution in [2.75, 3.05) is 20.3 Å². The SMILES string of the molecule is CCCc1cc(C(=O)OCC(=O)NCCc2ccccc2OC)sc1C. The summed E-state index contributed by atoms with van der Waals surface area (Å²) in [6.07, 6.45) is 2.62. The van der Waals surface area contributed by atoms with Crippen LogP contribution in [0.15, 0.2) is 30.3 Å². The van der Waals surface area contributed by atoms with Gasteiger partial charge in [0.1, 0.15) is 10.6 Å². The molecule has 0 aliphatic rings. The number of ether oxygens (including phenoxy) is 2. The molecule has 0 radical (unpaired) electrons. The second-order valence-corrected chi connectivity index (χ2v) is 7.19. The standard InChI is InChI=1S/C20H25NO4S/c1-4-7-16-12-18(26-14(16)2)20(23)25-13-19(22)21-11-10-15-8-5-6-9-17(15)24-3/h5-6,8-9,12H,4,7,10-11,13H2,1-3H3,(H,21,22). The van der Waals surface area contributed by atoms with E-state index in [1.807, 2.05) is 37.3 Å². The summed E-state index contributed by atoms with van der Waals surface area (Å²) >= 11 is 1.41. The van der Waals surface area contributed by atoms with Gasteiger partial charge in [-0.05, 0) is 43.0 Å². The lowest BCUT2D eigenvalue weighted by Gasteiger charge is -2.09. The van der Waals surface area contributed by atoms with E-state index in [2.05, 4.69) is 12.2 Å². The van der Waals surface area contributed by atoms with E-state index in [0.29, 0.717) is 17.8 Å². The third-order valence-corrected chi connectivity index (χ3v) is 5.06. The molecule has 140 valence electrons. The van der Waals surface area contributed by atoms with Gasteiger partial charge in [0.05, 0.1) is 7.11 Å². The highest BCUT2D eigenvalue weighted by atomic mass is 32.1. The topological polar surface area (TPSA) is 64.6 Å². The minimum Gasteiger partial charge on any atom is -0.496 e. The van der Waals surface area contributed by atoms with Crippen LogP contribution >= 0.6 is 11.3 Å². The van der Waals surface area contributed by atoms with Crippen molar-refractivity contribution in [3.63, 3.8) is 0 Å². The number of esters is 1. The highest BCUT2D eigenvalue weighted by Crippen LogP contribution is 2.23. The molecule has 0 aliphatic carbocycles. The maximum atomic E-state index is 12.1. The van der Waals surface area contributed by atoms with Crippen LogP contribution in [-0.4, -0.2) is 32.1 Å². The minimum absolute atomic E-state index is 0.273. The molecule has 26 heavy (non-hydrogen) atoms. The first kappa shape index (κ1) is 20.0. The van der Waals surface area contributed by atoms with Gasteiger partial charge in [0.25, 0.3) is 5.91 Å². The molecule has 5 nitrogen and oxygen atoms in total. The van der Waals surface area contributed by atoms with E-state index in [0.717, 1.165) is 29.0 Å². The summed E-state index contributed by atoms with van der Waals surface area (Å²) in [5.41, 5.74) is 2.19. The first-order valence-corrected chi connectivity index (χ1v) is 9.51. The first-order chi connectivity index (χ1) is 12.5. The number of hydrogen-bond acceptors (Lipinski definition) is 5. The molecule has 2 rings (SSSR count). The molecule has 0 saturated carbocycles. The maximum absolute atomic E-state index is 12.1. The zero-order chi connectivity index (χ0) is 18.9. The van der Waals surface area contributed by atoms with Gasteiger partial charge < -0.3 is 14.8 Å². The van der Waals surface area contributed by atoms with Crippen molar-refractivity contribution in [3.8, 4) is 5.75 Å². The Hall–Kier alpha value is -2.34. The van der Waals surface area contributed by atoms with Crippen molar-refractivity contribution >= 4 is 23.2 Å². The number of carbonyl (C=O) groups excluding carboxylic acids is 2.